The van der Waals surface area contributed by atoms with E-state index in [0.29, 0.717) is 11.5 Å². The molecule has 0 unspecified atom stereocenters. The first-order valence-electron chi connectivity index (χ1n) is 4.58. The minimum atomic E-state index is 0.0183. The van der Waals surface area contributed by atoms with Gasteiger partial charge in [0.25, 0.3) is 0 Å². The maximum atomic E-state index is 10.8. The fraction of sp³-hybridized carbons (Fsp3) is 0.250. The van der Waals surface area contributed by atoms with E-state index in [1.165, 1.54) is 13.0 Å². The van der Waals surface area contributed by atoms with Gasteiger partial charge in [-0.25, -0.2) is 0 Å². The summed E-state index contributed by atoms with van der Waals surface area (Å²) in [5.41, 5.74) is 0.905. The highest BCUT2D eigenvalue weighted by Crippen LogP contribution is 2.27. The number of carbonyl (C=O) groups excluding carboxylic acids is 1. The normalized spacial score (nSPS) is 10.3. The Kier molecular flexibility index (Phi) is 3.92. The first kappa shape index (κ1) is 11.3. The second-order valence-electron chi connectivity index (χ2n) is 3.06. The molecule has 1 aromatic carbocycles. The summed E-state index contributed by atoms with van der Waals surface area (Å²) in [5.74, 6) is 1.35. The highest BCUT2D eigenvalue weighted by atomic mass is 16.5. The molecule has 0 saturated carbocycles. The Labute approximate surface area is 89.3 Å². The van der Waals surface area contributed by atoms with Gasteiger partial charge in [-0.3, -0.25) is 4.79 Å². The van der Waals surface area contributed by atoms with Crippen LogP contribution in [0.3, 0.4) is 0 Å². The summed E-state index contributed by atoms with van der Waals surface area (Å²) in [5, 5.41) is 0. The average Bonchev–Trinajstić information content (AvgIpc) is 2.25. The van der Waals surface area contributed by atoms with Crippen molar-refractivity contribution in [1.29, 1.82) is 0 Å². The number of methoxy groups -OCH3 is 2. The van der Waals surface area contributed by atoms with E-state index in [4.69, 9.17) is 9.47 Å². The molecule has 0 fully saturated rings. The summed E-state index contributed by atoms with van der Waals surface area (Å²) in [6, 6.07) is 5.48. The predicted molar refractivity (Wildman–Crippen MR) is 59.3 cm³/mol. The van der Waals surface area contributed by atoms with Crippen molar-refractivity contribution in [2.45, 2.75) is 6.92 Å². The van der Waals surface area contributed by atoms with E-state index in [2.05, 4.69) is 0 Å². The molecule has 0 bridgehead atoms. The summed E-state index contributed by atoms with van der Waals surface area (Å²) < 4.78 is 10.2. The van der Waals surface area contributed by atoms with Gasteiger partial charge in [-0.05, 0) is 30.7 Å². The lowest BCUT2D eigenvalue weighted by molar-refractivity contribution is -0.112. The van der Waals surface area contributed by atoms with Crippen LogP contribution >= 0.6 is 0 Å². The van der Waals surface area contributed by atoms with Gasteiger partial charge in [-0.15, -0.1) is 0 Å². The van der Waals surface area contributed by atoms with Crippen molar-refractivity contribution >= 4 is 11.9 Å². The van der Waals surface area contributed by atoms with Crippen molar-refractivity contribution < 1.29 is 14.3 Å². The first-order valence-corrected chi connectivity index (χ1v) is 4.58. The van der Waals surface area contributed by atoms with Crippen molar-refractivity contribution in [3.05, 3.63) is 29.8 Å². The highest BCUT2D eigenvalue weighted by molar-refractivity contribution is 5.91. The van der Waals surface area contributed by atoms with Crippen LogP contribution < -0.4 is 9.47 Å². The zero-order valence-electron chi connectivity index (χ0n) is 9.11. The Bertz CT molecular complexity index is 380. The molecule has 1 aromatic rings. The van der Waals surface area contributed by atoms with Crippen LogP contribution in [-0.4, -0.2) is 20.0 Å². The lowest BCUT2D eigenvalue weighted by atomic mass is 10.2. The molecule has 3 nitrogen and oxygen atoms in total. The van der Waals surface area contributed by atoms with Crippen LogP contribution in [0.1, 0.15) is 12.5 Å². The van der Waals surface area contributed by atoms with Crippen LogP contribution in [0.4, 0.5) is 0 Å². The van der Waals surface area contributed by atoms with Gasteiger partial charge in [-0.2, -0.15) is 0 Å². The molecule has 0 radical (unpaired) electrons. The molecule has 0 aliphatic carbocycles. The molecule has 0 saturated heterocycles. The van der Waals surface area contributed by atoms with Gasteiger partial charge in [0.1, 0.15) is 0 Å². The van der Waals surface area contributed by atoms with Crippen LogP contribution in [0.2, 0.25) is 0 Å². The molecule has 15 heavy (non-hydrogen) atoms. The average molecular weight is 206 g/mol. The molecule has 3 heteroatoms. The predicted octanol–water partition coefficient (Wildman–Crippen LogP) is 2.31. The molecule has 0 aliphatic heterocycles. The third-order valence-electron chi connectivity index (χ3n) is 1.92. The number of rotatable bonds is 4. The number of hydrogen-bond acceptors (Lipinski definition) is 3. The fourth-order valence-electron chi connectivity index (χ4n) is 1.17. The van der Waals surface area contributed by atoms with Crippen LogP contribution in [0.15, 0.2) is 24.3 Å². The SMILES string of the molecule is COc1ccc(/C=C/C(C)=O)cc1OC. The molecule has 0 amide bonds. The van der Waals surface area contributed by atoms with Crippen molar-refractivity contribution in [2.75, 3.05) is 14.2 Å². The Hall–Kier alpha value is -1.77. The minimum absolute atomic E-state index is 0.0183. The number of hydrogen-bond donors (Lipinski definition) is 0. The Morgan fingerprint density at radius 3 is 2.40 bits per heavy atom. The zero-order valence-corrected chi connectivity index (χ0v) is 9.11. The molecule has 0 atom stereocenters. The van der Waals surface area contributed by atoms with E-state index in [0.717, 1.165) is 5.56 Å². The fourth-order valence-corrected chi connectivity index (χ4v) is 1.17. The Morgan fingerprint density at radius 1 is 1.20 bits per heavy atom. The smallest absolute Gasteiger partial charge is 0.161 e. The van der Waals surface area contributed by atoms with Gasteiger partial charge < -0.3 is 9.47 Å². The van der Waals surface area contributed by atoms with Gasteiger partial charge in [0, 0.05) is 0 Å². The van der Waals surface area contributed by atoms with Gasteiger partial charge in [0.2, 0.25) is 0 Å². The second-order valence-corrected chi connectivity index (χ2v) is 3.06. The largest absolute Gasteiger partial charge is 0.493 e. The zero-order chi connectivity index (χ0) is 11.3. The summed E-state index contributed by atoms with van der Waals surface area (Å²) >= 11 is 0. The molecule has 0 N–H and O–H groups in total. The Balaban J connectivity index is 2.97. The second kappa shape index (κ2) is 5.20. The van der Waals surface area contributed by atoms with Crippen LogP contribution in [0, 0.1) is 0 Å². The molecule has 1 rings (SSSR count). The molecule has 0 heterocycles. The number of carbonyl (C=O) groups is 1. The van der Waals surface area contributed by atoms with Crippen molar-refractivity contribution in [2.24, 2.45) is 0 Å². The lowest BCUT2D eigenvalue weighted by Crippen LogP contribution is -1.90. The first-order chi connectivity index (χ1) is 7.17. The van der Waals surface area contributed by atoms with E-state index < -0.39 is 0 Å². The van der Waals surface area contributed by atoms with Crippen LogP contribution in [0.25, 0.3) is 6.08 Å². The van der Waals surface area contributed by atoms with E-state index in [-0.39, 0.29) is 5.78 Å². The van der Waals surface area contributed by atoms with Gasteiger partial charge >= 0.3 is 0 Å². The van der Waals surface area contributed by atoms with Gasteiger partial charge in [0.05, 0.1) is 14.2 Å². The molecule has 0 aromatic heterocycles. The quantitative estimate of drug-likeness (QED) is 0.709. The van der Waals surface area contributed by atoms with Gasteiger partial charge in [-0.1, -0.05) is 12.1 Å². The summed E-state index contributed by atoms with van der Waals surface area (Å²) in [4.78, 5) is 10.8. The van der Waals surface area contributed by atoms with Crippen molar-refractivity contribution in [1.82, 2.24) is 0 Å². The minimum Gasteiger partial charge on any atom is -0.493 e. The van der Waals surface area contributed by atoms with Crippen LogP contribution in [0.5, 0.6) is 11.5 Å². The summed E-state index contributed by atoms with van der Waals surface area (Å²) in [7, 11) is 3.17. The van der Waals surface area contributed by atoms with E-state index >= 15 is 0 Å². The molecule has 0 aliphatic rings. The standard InChI is InChI=1S/C12H14O3/c1-9(13)4-5-10-6-7-11(14-2)12(8-10)15-3/h4-8H,1-3H3/b5-4+. The molecule has 80 valence electrons. The third kappa shape index (κ3) is 3.13. The lowest BCUT2D eigenvalue weighted by Gasteiger charge is -2.07. The summed E-state index contributed by atoms with van der Waals surface area (Å²) in [6.45, 7) is 1.51. The highest BCUT2D eigenvalue weighted by Gasteiger charge is 2.02. The molecule has 0 spiro atoms. The maximum Gasteiger partial charge on any atom is 0.161 e. The van der Waals surface area contributed by atoms with Crippen LogP contribution in [-0.2, 0) is 4.79 Å². The molecular formula is C12H14O3. The monoisotopic (exact) mass is 206 g/mol. The Morgan fingerprint density at radius 2 is 1.87 bits per heavy atom. The van der Waals surface area contributed by atoms with E-state index in [9.17, 15) is 4.79 Å². The summed E-state index contributed by atoms with van der Waals surface area (Å²) in [6.07, 6.45) is 3.26. The number of allylic oxidation sites excluding steroid dienone is 1. The topological polar surface area (TPSA) is 35.5 Å². The number of ketones is 1. The van der Waals surface area contributed by atoms with E-state index in [1.807, 2.05) is 12.1 Å². The van der Waals surface area contributed by atoms with E-state index in [1.54, 1.807) is 26.4 Å². The number of ether oxygens (including phenoxy) is 2. The van der Waals surface area contributed by atoms with Crippen molar-refractivity contribution in [3.8, 4) is 11.5 Å². The van der Waals surface area contributed by atoms with Gasteiger partial charge in [0.15, 0.2) is 17.3 Å². The maximum absolute atomic E-state index is 10.8. The van der Waals surface area contributed by atoms with Crippen molar-refractivity contribution in [3.63, 3.8) is 0 Å². The molecular weight excluding hydrogens is 192 g/mol. The third-order valence-corrected chi connectivity index (χ3v) is 1.92. The number of benzene rings is 1.